The minimum Gasteiger partial charge on any atom is -0.393 e. The predicted molar refractivity (Wildman–Crippen MR) is 72.2 cm³/mol. The van der Waals surface area contributed by atoms with Crippen molar-refractivity contribution in [1.82, 2.24) is 0 Å². The van der Waals surface area contributed by atoms with Gasteiger partial charge in [-0.25, -0.2) is 0 Å². The number of hydrogen-bond donors (Lipinski definition) is 1. The van der Waals surface area contributed by atoms with E-state index in [9.17, 15) is 5.11 Å². The normalized spacial score (nSPS) is 25.6. The van der Waals surface area contributed by atoms with Crippen molar-refractivity contribution in [3.05, 3.63) is 34.9 Å². The molecule has 1 N–H and O–H groups in total. The molecule has 0 spiro atoms. The van der Waals surface area contributed by atoms with Crippen LogP contribution in [0.2, 0.25) is 0 Å². The van der Waals surface area contributed by atoms with Crippen LogP contribution in [0.5, 0.6) is 0 Å². The summed E-state index contributed by atoms with van der Waals surface area (Å²) in [5, 5.41) is 10.2. The molecule has 2 atom stereocenters. The number of hydrogen-bond acceptors (Lipinski definition) is 1. The average Bonchev–Trinajstić information content (AvgIpc) is 2.49. The van der Waals surface area contributed by atoms with E-state index in [1.807, 2.05) is 0 Å². The van der Waals surface area contributed by atoms with Gasteiger partial charge in [-0.1, -0.05) is 37.5 Å². The Kier molecular flexibility index (Phi) is 4.22. The quantitative estimate of drug-likeness (QED) is 0.769. The molecule has 0 aliphatic heterocycles. The molecule has 1 nitrogen and oxygen atoms in total. The topological polar surface area (TPSA) is 20.2 Å². The summed E-state index contributed by atoms with van der Waals surface area (Å²) >= 11 is 0. The largest absolute Gasteiger partial charge is 0.393 e. The summed E-state index contributed by atoms with van der Waals surface area (Å²) in [7, 11) is 0. The lowest BCUT2D eigenvalue weighted by molar-refractivity contribution is 0.100. The van der Waals surface area contributed by atoms with Gasteiger partial charge in [-0.15, -0.1) is 0 Å². The van der Waals surface area contributed by atoms with Gasteiger partial charge < -0.3 is 5.11 Å². The lowest BCUT2D eigenvalue weighted by Crippen LogP contribution is -2.21. The fourth-order valence-corrected chi connectivity index (χ4v) is 3.04. The Morgan fingerprint density at radius 3 is 2.41 bits per heavy atom. The second kappa shape index (κ2) is 5.68. The van der Waals surface area contributed by atoms with Crippen LogP contribution in [0, 0.1) is 19.8 Å². The zero-order valence-electron chi connectivity index (χ0n) is 11.1. The molecule has 0 heterocycles. The monoisotopic (exact) mass is 232 g/mol. The van der Waals surface area contributed by atoms with E-state index in [1.165, 1.54) is 42.4 Å². The predicted octanol–water partition coefficient (Wildman–Crippen LogP) is 3.79. The summed E-state index contributed by atoms with van der Waals surface area (Å²) in [5.41, 5.74) is 4.21. The third kappa shape index (κ3) is 3.10. The van der Waals surface area contributed by atoms with E-state index < -0.39 is 0 Å². The first-order chi connectivity index (χ1) is 8.18. The average molecular weight is 232 g/mol. The van der Waals surface area contributed by atoms with Gasteiger partial charge in [0, 0.05) is 0 Å². The Morgan fingerprint density at radius 1 is 1.06 bits per heavy atom. The van der Waals surface area contributed by atoms with Crippen molar-refractivity contribution >= 4 is 0 Å². The maximum Gasteiger partial charge on any atom is 0.0571 e. The molecule has 94 valence electrons. The third-order valence-corrected chi connectivity index (χ3v) is 4.23. The molecule has 17 heavy (non-hydrogen) atoms. The van der Waals surface area contributed by atoms with Crippen LogP contribution in [0.4, 0.5) is 0 Å². The molecule has 0 aromatic heterocycles. The van der Waals surface area contributed by atoms with Gasteiger partial charge in [0.1, 0.15) is 0 Å². The molecule has 0 saturated heterocycles. The molecule has 1 heteroatoms. The standard InChI is InChI=1S/C16H24O/c1-12-7-6-8-13(2)15(12)11-14-9-4-3-5-10-16(14)17/h6-8,14,16-17H,3-5,9-11H2,1-2H3. The lowest BCUT2D eigenvalue weighted by Gasteiger charge is -2.22. The summed E-state index contributed by atoms with van der Waals surface area (Å²) < 4.78 is 0. The van der Waals surface area contributed by atoms with Gasteiger partial charge >= 0.3 is 0 Å². The van der Waals surface area contributed by atoms with Gasteiger partial charge in [0.05, 0.1) is 6.10 Å². The molecule has 2 unspecified atom stereocenters. The van der Waals surface area contributed by atoms with Gasteiger partial charge in [-0.2, -0.15) is 0 Å². The van der Waals surface area contributed by atoms with Crippen molar-refractivity contribution in [2.24, 2.45) is 5.92 Å². The van der Waals surface area contributed by atoms with Crippen LogP contribution >= 0.6 is 0 Å². The fourth-order valence-electron chi connectivity index (χ4n) is 3.04. The molecule has 1 aromatic rings. The van der Waals surface area contributed by atoms with Crippen LogP contribution in [0.25, 0.3) is 0 Å². The third-order valence-electron chi connectivity index (χ3n) is 4.23. The van der Waals surface area contributed by atoms with Crippen molar-refractivity contribution in [3.63, 3.8) is 0 Å². The number of rotatable bonds is 2. The summed E-state index contributed by atoms with van der Waals surface area (Å²) in [6.07, 6.45) is 6.93. The summed E-state index contributed by atoms with van der Waals surface area (Å²) in [6, 6.07) is 6.49. The maximum absolute atomic E-state index is 10.2. The first-order valence-corrected chi connectivity index (χ1v) is 6.91. The van der Waals surface area contributed by atoms with Crippen LogP contribution in [0.1, 0.15) is 48.8 Å². The van der Waals surface area contributed by atoms with Gasteiger partial charge in [0.2, 0.25) is 0 Å². The number of benzene rings is 1. The highest BCUT2D eigenvalue weighted by molar-refractivity contribution is 5.33. The fraction of sp³-hybridized carbons (Fsp3) is 0.625. The van der Waals surface area contributed by atoms with Crippen molar-refractivity contribution in [2.45, 2.75) is 58.5 Å². The van der Waals surface area contributed by atoms with Gasteiger partial charge in [0.25, 0.3) is 0 Å². The SMILES string of the molecule is Cc1cccc(C)c1CC1CCCCCC1O. The van der Waals surface area contributed by atoms with Crippen molar-refractivity contribution in [2.75, 3.05) is 0 Å². The van der Waals surface area contributed by atoms with E-state index in [2.05, 4.69) is 32.0 Å². The molecule has 1 aromatic carbocycles. The Morgan fingerprint density at radius 2 is 1.71 bits per heavy atom. The molecule has 1 saturated carbocycles. The molecular weight excluding hydrogens is 208 g/mol. The van der Waals surface area contributed by atoms with Crippen LogP contribution in [-0.2, 0) is 6.42 Å². The van der Waals surface area contributed by atoms with Crippen LogP contribution < -0.4 is 0 Å². The zero-order valence-corrected chi connectivity index (χ0v) is 11.1. The first-order valence-electron chi connectivity index (χ1n) is 6.91. The summed E-state index contributed by atoms with van der Waals surface area (Å²) in [6.45, 7) is 4.37. The number of aliphatic hydroxyl groups excluding tert-OH is 1. The van der Waals surface area contributed by atoms with Crippen molar-refractivity contribution < 1.29 is 5.11 Å². The van der Waals surface area contributed by atoms with E-state index in [1.54, 1.807) is 0 Å². The molecule has 1 fully saturated rings. The van der Waals surface area contributed by atoms with E-state index in [4.69, 9.17) is 0 Å². The van der Waals surface area contributed by atoms with Crippen molar-refractivity contribution in [1.29, 1.82) is 0 Å². The molecule has 2 rings (SSSR count). The molecule has 0 bridgehead atoms. The van der Waals surface area contributed by atoms with Gasteiger partial charge in [-0.05, 0) is 55.7 Å². The Bertz CT molecular complexity index is 350. The van der Waals surface area contributed by atoms with E-state index in [0.717, 1.165) is 12.8 Å². The molecule has 0 amide bonds. The first kappa shape index (κ1) is 12.6. The second-order valence-corrected chi connectivity index (χ2v) is 5.54. The Balaban J connectivity index is 2.13. The number of aliphatic hydroxyl groups is 1. The highest BCUT2D eigenvalue weighted by Gasteiger charge is 2.22. The highest BCUT2D eigenvalue weighted by atomic mass is 16.3. The minimum absolute atomic E-state index is 0.0866. The van der Waals surface area contributed by atoms with Crippen molar-refractivity contribution in [3.8, 4) is 0 Å². The van der Waals surface area contributed by atoms with E-state index in [0.29, 0.717) is 5.92 Å². The Labute approximate surface area is 105 Å². The zero-order chi connectivity index (χ0) is 12.3. The minimum atomic E-state index is -0.0866. The van der Waals surface area contributed by atoms with Gasteiger partial charge in [-0.3, -0.25) is 0 Å². The van der Waals surface area contributed by atoms with Gasteiger partial charge in [0.15, 0.2) is 0 Å². The summed E-state index contributed by atoms with van der Waals surface area (Å²) in [5.74, 6) is 0.470. The van der Waals surface area contributed by atoms with Crippen LogP contribution in [0.15, 0.2) is 18.2 Å². The number of aryl methyl sites for hydroxylation is 2. The molecule has 1 aliphatic rings. The molecular formula is C16H24O. The van der Waals surface area contributed by atoms with E-state index in [-0.39, 0.29) is 6.10 Å². The highest BCUT2D eigenvalue weighted by Crippen LogP contribution is 2.28. The Hall–Kier alpha value is -0.820. The van der Waals surface area contributed by atoms with Crippen LogP contribution in [0.3, 0.4) is 0 Å². The molecule has 0 radical (unpaired) electrons. The maximum atomic E-state index is 10.2. The smallest absolute Gasteiger partial charge is 0.0571 e. The van der Waals surface area contributed by atoms with E-state index >= 15 is 0 Å². The summed E-state index contributed by atoms with van der Waals surface area (Å²) in [4.78, 5) is 0. The molecule has 1 aliphatic carbocycles. The van der Waals surface area contributed by atoms with Crippen LogP contribution in [-0.4, -0.2) is 11.2 Å². The lowest BCUT2D eigenvalue weighted by atomic mass is 9.87. The second-order valence-electron chi connectivity index (χ2n) is 5.54.